The van der Waals surface area contributed by atoms with Gasteiger partial charge < -0.3 is 15.4 Å². The van der Waals surface area contributed by atoms with E-state index < -0.39 is 0 Å². The van der Waals surface area contributed by atoms with E-state index in [1.807, 2.05) is 32.4 Å². The summed E-state index contributed by atoms with van der Waals surface area (Å²) in [4.78, 5) is 30.7. The van der Waals surface area contributed by atoms with Crippen LogP contribution in [-0.4, -0.2) is 74.5 Å². The lowest BCUT2D eigenvalue weighted by Gasteiger charge is -2.36. The molecule has 5 heterocycles. The van der Waals surface area contributed by atoms with Crippen molar-refractivity contribution in [2.24, 2.45) is 7.05 Å². The summed E-state index contributed by atoms with van der Waals surface area (Å²) >= 11 is 2.78. The maximum Gasteiger partial charge on any atom is 0.261 e. The van der Waals surface area contributed by atoms with Crippen molar-refractivity contribution in [2.45, 2.75) is 25.3 Å². The van der Waals surface area contributed by atoms with Gasteiger partial charge in [-0.1, -0.05) is 0 Å². The number of aromatic nitrogens is 4. The second kappa shape index (κ2) is 9.11. The average Bonchev–Trinajstić information content (AvgIpc) is 3.24. The minimum Gasteiger partial charge on any atom is -0.378 e. The Morgan fingerprint density at radius 2 is 2.03 bits per heavy atom. The van der Waals surface area contributed by atoms with Crippen molar-refractivity contribution in [1.82, 2.24) is 29.6 Å². The molecule has 0 atom stereocenters. The normalized spacial score (nSPS) is 17.1. The van der Waals surface area contributed by atoms with Crippen molar-refractivity contribution in [1.29, 1.82) is 0 Å². The van der Waals surface area contributed by atoms with Gasteiger partial charge in [-0.2, -0.15) is 10.2 Å². The van der Waals surface area contributed by atoms with Gasteiger partial charge in [-0.15, -0.1) is 22.7 Å². The number of carbonyl (C=O) groups excluding carboxylic acids is 2. The van der Waals surface area contributed by atoms with Crippen molar-refractivity contribution < 1.29 is 14.3 Å². The Kier molecular flexibility index (Phi) is 5.91. The fraction of sp³-hybridized carbons (Fsp3) is 0.417. The first-order valence-corrected chi connectivity index (χ1v) is 13.5. The number of nitrogens with one attached hydrogen (secondary N) is 2. The first kappa shape index (κ1) is 23.3. The zero-order valence-electron chi connectivity index (χ0n) is 20.1. The predicted octanol–water partition coefficient (Wildman–Crippen LogP) is 3.01. The number of nitrogens with zero attached hydrogens (tertiary/aromatic N) is 5. The van der Waals surface area contributed by atoms with Crippen molar-refractivity contribution in [3.05, 3.63) is 46.9 Å². The second-order valence-corrected chi connectivity index (χ2v) is 11.5. The molecular weight excluding hydrogens is 498 g/mol. The quantitative estimate of drug-likeness (QED) is 0.384. The van der Waals surface area contributed by atoms with Crippen molar-refractivity contribution >= 4 is 44.3 Å². The van der Waals surface area contributed by atoms with Crippen LogP contribution in [0.15, 0.2) is 30.9 Å². The van der Waals surface area contributed by atoms with Crippen LogP contribution in [0.3, 0.4) is 0 Å². The molecule has 4 aromatic rings. The Balaban J connectivity index is 1.10. The molecule has 2 N–H and O–H groups in total. The summed E-state index contributed by atoms with van der Waals surface area (Å²) in [5.74, 6) is -0.363. The highest BCUT2D eigenvalue weighted by Crippen LogP contribution is 2.43. The maximum atomic E-state index is 13.1. The lowest BCUT2D eigenvalue weighted by molar-refractivity contribution is -0.0192. The van der Waals surface area contributed by atoms with Gasteiger partial charge in [0.2, 0.25) is 0 Å². The number of thiazole rings is 1. The summed E-state index contributed by atoms with van der Waals surface area (Å²) in [6.45, 7) is 5.78. The minimum atomic E-state index is -0.247. The summed E-state index contributed by atoms with van der Waals surface area (Å²) in [5.41, 5.74) is 2.54. The molecule has 1 saturated carbocycles. The van der Waals surface area contributed by atoms with E-state index in [0.29, 0.717) is 22.0 Å². The minimum absolute atomic E-state index is 0.117. The number of rotatable bonds is 7. The number of hydrogen-bond acceptors (Lipinski definition) is 8. The van der Waals surface area contributed by atoms with Crippen LogP contribution < -0.4 is 10.6 Å². The van der Waals surface area contributed by atoms with E-state index >= 15 is 0 Å². The summed E-state index contributed by atoms with van der Waals surface area (Å²) in [7, 11) is 1.87. The number of hydrogen-bond donors (Lipinski definition) is 2. The Morgan fingerprint density at radius 3 is 2.81 bits per heavy atom. The second-order valence-electron chi connectivity index (χ2n) is 9.40. The number of ether oxygens (including phenoxy) is 1. The third-order valence-corrected chi connectivity index (χ3v) is 9.15. The van der Waals surface area contributed by atoms with Gasteiger partial charge in [-0.05, 0) is 31.4 Å². The van der Waals surface area contributed by atoms with Gasteiger partial charge in [0.05, 0.1) is 45.9 Å². The number of anilines is 1. The first-order chi connectivity index (χ1) is 17.4. The predicted molar refractivity (Wildman–Crippen MR) is 139 cm³/mol. The standard InChI is InChI=1S/C24H27N7O3S2/c1-15-9-18(21(33)25-5-6-30-7-8-34-14-24(30)3-4-24)35-22(15)28-20(32)17-11-27-31-13-19(36-23(17)31)16-10-26-29(2)12-16/h9-13H,3-8,14H2,1-2H3,(H,25,33)(H,28,32). The number of carbonyl (C=O) groups is 2. The van der Waals surface area contributed by atoms with Crippen LogP contribution in [0, 0.1) is 6.92 Å². The molecule has 0 bridgehead atoms. The summed E-state index contributed by atoms with van der Waals surface area (Å²) in [6.07, 6.45) is 9.54. The molecule has 0 aromatic carbocycles. The van der Waals surface area contributed by atoms with Crippen LogP contribution in [0.2, 0.25) is 0 Å². The molecule has 1 aliphatic heterocycles. The molecule has 0 radical (unpaired) electrons. The van der Waals surface area contributed by atoms with Crippen LogP contribution >= 0.6 is 22.7 Å². The van der Waals surface area contributed by atoms with Gasteiger partial charge in [-0.3, -0.25) is 19.2 Å². The molecule has 12 heteroatoms. The van der Waals surface area contributed by atoms with E-state index in [2.05, 4.69) is 25.7 Å². The average molecular weight is 526 g/mol. The van der Waals surface area contributed by atoms with Crippen LogP contribution in [-0.2, 0) is 11.8 Å². The Bertz CT molecular complexity index is 1440. The molecule has 1 spiro atoms. The van der Waals surface area contributed by atoms with Crippen molar-refractivity contribution in [2.75, 3.05) is 38.2 Å². The van der Waals surface area contributed by atoms with E-state index in [1.54, 1.807) is 21.6 Å². The SMILES string of the molecule is Cc1cc(C(=O)NCCN2CCOCC23CC3)sc1NC(=O)c1cnn2cc(-c3cnn(C)c3)sc12. The van der Waals surface area contributed by atoms with Gasteiger partial charge in [0, 0.05) is 50.2 Å². The largest absolute Gasteiger partial charge is 0.378 e. The van der Waals surface area contributed by atoms with Crippen molar-refractivity contribution in [3.63, 3.8) is 0 Å². The van der Waals surface area contributed by atoms with E-state index in [4.69, 9.17) is 4.74 Å². The third kappa shape index (κ3) is 4.34. The summed E-state index contributed by atoms with van der Waals surface area (Å²) < 4.78 is 9.08. The zero-order chi connectivity index (χ0) is 24.9. The third-order valence-electron chi connectivity index (χ3n) is 6.84. The number of aryl methyl sites for hydroxylation is 2. The number of thiophene rings is 1. The number of fused-ring (bicyclic) bond motifs is 1. The Labute approximate surface area is 215 Å². The van der Waals surface area contributed by atoms with Gasteiger partial charge in [0.25, 0.3) is 11.8 Å². The fourth-order valence-electron chi connectivity index (χ4n) is 4.62. The monoisotopic (exact) mass is 525 g/mol. The molecule has 36 heavy (non-hydrogen) atoms. The molecule has 2 amide bonds. The van der Waals surface area contributed by atoms with Crippen LogP contribution in [0.4, 0.5) is 5.00 Å². The van der Waals surface area contributed by atoms with E-state index in [1.165, 1.54) is 35.5 Å². The van der Waals surface area contributed by atoms with Gasteiger partial charge in [0.15, 0.2) is 0 Å². The highest BCUT2D eigenvalue weighted by Gasteiger charge is 2.49. The lowest BCUT2D eigenvalue weighted by Crippen LogP contribution is -2.50. The highest BCUT2D eigenvalue weighted by atomic mass is 32.1. The lowest BCUT2D eigenvalue weighted by atomic mass is 10.2. The Hall–Kier alpha value is -3.06. The molecule has 10 nitrogen and oxygen atoms in total. The molecule has 1 aliphatic carbocycles. The molecular formula is C24H27N7O3S2. The highest BCUT2D eigenvalue weighted by molar-refractivity contribution is 7.21. The van der Waals surface area contributed by atoms with E-state index in [0.717, 1.165) is 47.1 Å². The summed E-state index contributed by atoms with van der Waals surface area (Å²) in [6, 6.07) is 1.83. The molecule has 0 unspecified atom stereocenters. The Morgan fingerprint density at radius 1 is 1.17 bits per heavy atom. The first-order valence-electron chi connectivity index (χ1n) is 11.9. The van der Waals surface area contributed by atoms with E-state index in [9.17, 15) is 9.59 Å². The van der Waals surface area contributed by atoms with Gasteiger partial charge in [-0.25, -0.2) is 4.52 Å². The number of amides is 2. The van der Waals surface area contributed by atoms with Crippen LogP contribution in [0.1, 0.15) is 38.4 Å². The van der Waals surface area contributed by atoms with Gasteiger partial charge >= 0.3 is 0 Å². The molecule has 2 fully saturated rings. The smallest absolute Gasteiger partial charge is 0.261 e. The molecule has 2 aliphatic rings. The summed E-state index contributed by atoms with van der Waals surface area (Å²) in [5, 5.41) is 15.2. The molecule has 6 rings (SSSR count). The van der Waals surface area contributed by atoms with Crippen LogP contribution in [0.5, 0.6) is 0 Å². The van der Waals surface area contributed by atoms with Crippen LogP contribution in [0.25, 0.3) is 15.3 Å². The molecule has 4 aromatic heterocycles. The molecule has 188 valence electrons. The fourth-order valence-corrected chi connectivity index (χ4v) is 6.64. The van der Waals surface area contributed by atoms with Gasteiger partial charge in [0.1, 0.15) is 4.83 Å². The zero-order valence-corrected chi connectivity index (χ0v) is 21.7. The topological polar surface area (TPSA) is 106 Å². The van der Waals surface area contributed by atoms with Crippen molar-refractivity contribution in [3.8, 4) is 10.4 Å². The maximum absolute atomic E-state index is 13.1. The van der Waals surface area contributed by atoms with E-state index in [-0.39, 0.29) is 17.4 Å². The molecule has 1 saturated heterocycles. The number of morpholine rings is 1.